The standard InChI is InChI=1S/C18H20F2N2O/c1-21-10-9-14-5-3-4-6-15(14)18(23)22(2)12-13-7-8-16(19)17(20)11-13/h3-8,11,21H,9-10,12H2,1-2H3. The van der Waals surface area contributed by atoms with E-state index in [-0.39, 0.29) is 12.5 Å². The fraction of sp³-hybridized carbons (Fsp3) is 0.278. The van der Waals surface area contributed by atoms with Crippen LogP contribution in [0, 0.1) is 11.6 Å². The van der Waals surface area contributed by atoms with Gasteiger partial charge in [-0.3, -0.25) is 4.79 Å². The number of hydrogen-bond donors (Lipinski definition) is 1. The van der Waals surface area contributed by atoms with Crippen molar-refractivity contribution in [2.75, 3.05) is 20.6 Å². The van der Waals surface area contributed by atoms with E-state index in [2.05, 4.69) is 5.32 Å². The minimum absolute atomic E-state index is 0.138. The van der Waals surface area contributed by atoms with Crippen molar-refractivity contribution in [2.45, 2.75) is 13.0 Å². The van der Waals surface area contributed by atoms with Crippen LogP contribution in [0.4, 0.5) is 8.78 Å². The second-order valence-electron chi connectivity index (χ2n) is 5.42. The summed E-state index contributed by atoms with van der Waals surface area (Å²) in [5, 5.41) is 3.06. The molecular weight excluding hydrogens is 298 g/mol. The van der Waals surface area contributed by atoms with Crippen molar-refractivity contribution in [3.63, 3.8) is 0 Å². The molecule has 0 saturated carbocycles. The SMILES string of the molecule is CNCCc1ccccc1C(=O)N(C)Cc1ccc(F)c(F)c1. The predicted octanol–water partition coefficient (Wildman–Crippen LogP) is 3.00. The Kier molecular flexibility index (Phi) is 5.82. The van der Waals surface area contributed by atoms with Crippen LogP contribution in [0.15, 0.2) is 42.5 Å². The van der Waals surface area contributed by atoms with Crippen molar-refractivity contribution >= 4 is 5.91 Å². The molecule has 0 aliphatic rings. The van der Waals surface area contributed by atoms with Crippen LogP contribution in [-0.4, -0.2) is 31.4 Å². The lowest BCUT2D eigenvalue weighted by Crippen LogP contribution is -2.27. The molecule has 2 aromatic rings. The molecule has 1 N–H and O–H groups in total. The highest BCUT2D eigenvalue weighted by molar-refractivity contribution is 5.95. The zero-order valence-corrected chi connectivity index (χ0v) is 13.3. The molecule has 122 valence electrons. The van der Waals surface area contributed by atoms with Crippen molar-refractivity contribution in [1.82, 2.24) is 10.2 Å². The van der Waals surface area contributed by atoms with E-state index < -0.39 is 11.6 Å². The Labute approximate surface area is 134 Å². The number of halogens is 2. The molecule has 0 fully saturated rings. The molecule has 0 unspecified atom stereocenters. The smallest absolute Gasteiger partial charge is 0.254 e. The molecule has 0 aliphatic heterocycles. The summed E-state index contributed by atoms with van der Waals surface area (Å²) in [4.78, 5) is 14.1. The van der Waals surface area contributed by atoms with Crippen molar-refractivity contribution in [3.05, 3.63) is 70.8 Å². The third kappa shape index (κ3) is 4.36. The summed E-state index contributed by atoms with van der Waals surface area (Å²) < 4.78 is 26.2. The zero-order chi connectivity index (χ0) is 16.8. The van der Waals surface area contributed by atoms with E-state index in [9.17, 15) is 13.6 Å². The van der Waals surface area contributed by atoms with Crippen molar-refractivity contribution < 1.29 is 13.6 Å². The quantitative estimate of drug-likeness (QED) is 0.888. The van der Waals surface area contributed by atoms with Crippen LogP contribution in [-0.2, 0) is 13.0 Å². The lowest BCUT2D eigenvalue weighted by molar-refractivity contribution is 0.0784. The Morgan fingerprint density at radius 2 is 1.87 bits per heavy atom. The monoisotopic (exact) mass is 318 g/mol. The van der Waals surface area contributed by atoms with Gasteiger partial charge in [-0.2, -0.15) is 0 Å². The fourth-order valence-corrected chi connectivity index (χ4v) is 2.40. The Balaban J connectivity index is 2.14. The number of carbonyl (C=O) groups excluding carboxylic acids is 1. The number of nitrogens with one attached hydrogen (secondary N) is 1. The molecule has 5 heteroatoms. The second-order valence-corrected chi connectivity index (χ2v) is 5.42. The summed E-state index contributed by atoms with van der Waals surface area (Å²) in [6.45, 7) is 0.994. The fourth-order valence-electron chi connectivity index (χ4n) is 2.40. The van der Waals surface area contributed by atoms with Gasteiger partial charge in [0.2, 0.25) is 0 Å². The average molecular weight is 318 g/mol. The maximum atomic E-state index is 13.3. The third-order valence-electron chi connectivity index (χ3n) is 3.64. The van der Waals surface area contributed by atoms with E-state index in [0.29, 0.717) is 11.1 Å². The summed E-state index contributed by atoms with van der Waals surface area (Å²) in [7, 11) is 3.51. The normalized spacial score (nSPS) is 10.6. The highest BCUT2D eigenvalue weighted by Gasteiger charge is 2.16. The third-order valence-corrected chi connectivity index (χ3v) is 3.64. The largest absolute Gasteiger partial charge is 0.337 e. The first-order chi connectivity index (χ1) is 11.0. The van der Waals surface area contributed by atoms with Crippen LogP contribution < -0.4 is 5.32 Å². The van der Waals surface area contributed by atoms with Crippen molar-refractivity contribution in [2.24, 2.45) is 0 Å². The van der Waals surface area contributed by atoms with E-state index in [4.69, 9.17) is 0 Å². The summed E-state index contributed by atoms with van der Waals surface area (Å²) in [5.74, 6) is -1.93. The van der Waals surface area contributed by atoms with E-state index in [1.165, 1.54) is 11.0 Å². The lowest BCUT2D eigenvalue weighted by atomic mass is 10.0. The Morgan fingerprint density at radius 3 is 2.57 bits per heavy atom. The zero-order valence-electron chi connectivity index (χ0n) is 13.3. The van der Waals surface area contributed by atoms with Gasteiger partial charge in [-0.1, -0.05) is 24.3 Å². The molecule has 3 nitrogen and oxygen atoms in total. The summed E-state index contributed by atoms with van der Waals surface area (Å²) in [6, 6.07) is 11.1. The first-order valence-corrected chi connectivity index (χ1v) is 7.45. The van der Waals surface area contributed by atoms with Gasteiger partial charge >= 0.3 is 0 Å². The molecule has 0 saturated heterocycles. The number of rotatable bonds is 6. The molecule has 0 bridgehead atoms. The number of hydrogen-bond acceptors (Lipinski definition) is 2. The van der Waals surface area contributed by atoms with Crippen LogP contribution in [0.1, 0.15) is 21.5 Å². The van der Waals surface area contributed by atoms with Crippen LogP contribution in [0.2, 0.25) is 0 Å². The van der Waals surface area contributed by atoms with Gasteiger partial charge in [-0.05, 0) is 49.3 Å². The lowest BCUT2D eigenvalue weighted by Gasteiger charge is -2.19. The maximum absolute atomic E-state index is 13.3. The van der Waals surface area contributed by atoms with Crippen LogP contribution in [0.25, 0.3) is 0 Å². The van der Waals surface area contributed by atoms with Gasteiger partial charge < -0.3 is 10.2 Å². The summed E-state index contributed by atoms with van der Waals surface area (Å²) >= 11 is 0. The van der Waals surface area contributed by atoms with E-state index in [1.54, 1.807) is 13.1 Å². The second kappa shape index (κ2) is 7.83. The minimum atomic E-state index is -0.905. The van der Waals surface area contributed by atoms with Gasteiger partial charge in [0.05, 0.1) is 0 Å². The van der Waals surface area contributed by atoms with Crippen LogP contribution >= 0.6 is 0 Å². The number of carbonyl (C=O) groups is 1. The van der Waals surface area contributed by atoms with Crippen molar-refractivity contribution in [3.8, 4) is 0 Å². The molecule has 0 spiro atoms. The Hall–Kier alpha value is -2.27. The minimum Gasteiger partial charge on any atom is -0.337 e. The molecule has 0 aliphatic carbocycles. The average Bonchev–Trinajstić information content (AvgIpc) is 2.56. The van der Waals surface area contributed by atoms with Gasteiger partial charge in [0, 0.05) is 19.2 Å². The Bertz CT molecular complexity index is 688. The van der Waals surface area contributed by atoms with Gasteiger partial charge in [0.15, 0.2) is 11.6 Å². The van der Waals surface area contributed by atoms with Gasteiger partial charge in [0.1, 0.15) is 0 Å². The molecule has 0 atom stereocenters. The number of likely N-dealkylation sites (N-methyl/N-ethyl adjacent to an activating group) is 1. The number of nitrogens with zero attached hydrogens (tertiary/aromatic N) is 1. The van der Waals surface area contributed by atoms with Gasteiger partial charge in [-0.25, -0.2) is 8.78 Å². The topological polar surface area (TPSA) is 32.3 Å². The van der Waals surface area contributed by atoms with E-state index in [1.807, 2.05) is 25.2 Å². The molecule has 0 heterocycles. The van der Waals surface area contributed by atoms with Gasteiger partial charge in [-0.15, -0.1) is 0 Å². The highest BCUT2D eigenvalue weighted by Crippen LogP contribution is 2.15. The van der Waals surface area contributed by atoms with E-state index in [0.717, 1.165) is 30.7 Å². The molecule has 1 amide bonds. The van der Waals surface area contributed by atoms with Gasteiger partial charge in [0.25, 0.3) is 5.91 Å². The predicted molar refractivity (Wildman–Crippen MR) is 86.2 cm³/mol. The Morgan fingerprint density at radius 1 is 1.13 bits per heavy atom. The van der Waals surface area contributed by atoms with Crippen LogP contribution in [0.5, 0.6) is 0 Å². The van der Waals surface area contributed by atoms with E-state index >= 15 is 0 Å². The first-order valence-electron chi connectivity index (χ1n) is 7.45. The molecule has 0 radical (unpaired) electrons. The highest BCUT2D eigenvalue weighted by atomic mass is 19.2. The molecule has 23 heavy (non-hydrogen) atoms. The molecule has 0 aromatic heterocycles. The molecule has 2 rings (SSSR count). The molecular formula is C18H20F2N2O. The number of amides is 1. The van der Waals surface area contributed by atoms with Crippen LogP contribution in [0.3, 0.4) is 0 Å². The van der Waals surface area contributed by atoms with Crippen molar-refractivity contribution in [1.29, 1.82) is 0 Å². The maximum Gasteiger partial charge on any atom is 0.254 e. The summed E-state index contributed by atoms with van der Waals surface area (Å²) in [6.07, 6.45) is 0.747. The molecule has 2 aromatic carbocycles. The number of benzene rings is 2. The summed E-state index contributed by atoms with van der Waals surface area (Å²) in [5.41, 5.74) is 2.14. The first kappa shape index (κ1) is 17.1.